The van der Waals surface area contributed by atoms with Crippen LogP contribution < -0.4 is 5.73 Å². The first-order valence-corrected chi connectivity index (χ1v) is 9.08. The van der Waals surface area contributed by atoms with Crippen LogP contribution in [0.5, 0.6) is 0 Å². The number of carbonyl (C=O) groups is 1. The molecule has 1 aliphatic heterocycles. The summed E-state index contributed by atoms with van der Waals surface area (Å²) in [6.45, 7) is 1.63. The third kappa shape index (κ3) is 4.41. The van der Waals surface area contributed by atoms with Gasteiger partial charge >= 0.3 is 0 Å². The van der Waals surface area contributed by atoms with Crippen LogP contribution in [0.2, 0.25) is 5.02 Å². The van der Waals surface area contributed by atoms with Crippen LogP contribution in [0.3, 0.4) is 0 Å². The van der Waals surface area contributed by atoms with Crippen molar-refractivity contribution in [2.45, 2.75) is 31.3 Å². The first-order chi connectivity index (χ1) is 12.6. The van der Waals surface area contributed by atoms with E-state index >= 15 is 0 Å². The molecule has 0 saturated carbocycles. The minimum atomic E-state index is -0.247. The molecule has 0 aliphatic carbocycles. The maximum absolute atomic E-state index is 12.5. The van der Waals surface area contributed by atoms with E-state index in [1.165, 1.54) is 0 Å². The Bertz CT molecular complexity index is 730. The van der Waals surface area contributed by atoms with Gasteiger partial charge in [-0.2, -0.15) is 4.98 Å². The lowest BCUT2D eigenvalue weighted by atomic mass is 9.97. The van der Waals surface area contributed by atoms with Gasteiger partial charge in [-0.3, -0.25) is 4.79 Å². The lowest BCUT2D eigenvalue weighted by molar-refractivity contribution is -0.135. The zero-order valence-electron chi connectivity index (χ0n) is 14.7. The molecule has 8 heteroatoms. The zero-order valence-corrected chi connectivity index (χ0v) is 15.5. The Kier molecular flexibility index (Phi) is 6.24. The normalized spacial score (nSPS) is 18.7. The van der Waals surface area contributed by atoms with E-state index in [1.54, 1.807) is 19.2 Å². The molecule has 1 fully saturated rings. The number of benzene rings is 1. The molecule has 2 unspecified atom stereocenters. The molecule has 1 saturated heterocycles. The van der Waals surface area contributed by atoms with E-state index in [1.807, 2.05) is 17.0 Å². The minimum Gasteiger partial charge on any atom is -0.380 e. The van der Waals surface area contributed by atoms with Crippen molar-refractivity contribution in [3.63, 3.8) is 0 Å². The van der Waals surface area contributed by atoms with E-state index in [0.29, 0.717) is 36.2 Å². The summed E-state index contributed by atoms with van der Waals surface area (Å²) in [4.78, 5) is 18.8. The molecule has 1 amide bonds. The van der Waals surface area contributed by atoms with E-state index in [2.05, 4.69) is 10.1 Å². The van der Waals surface area contributed by atoms with Crippen molar-refractivity contribution in [1.29, 1.82) is 0 Å². The van der Waals surface area contributed by atoms with Crippen LogP contribution in [0.15, 0.2) is 28.8 Å². The lowest BCUT2D eigenvalue weighted by Crippen LogP contribution is -2.41. The smallest absolute Gasteiger partial charge is 0.231 e. The van der Waals surface area contributed by atoms with Gasteiger partial charge in [-0.05, 0) is 37.1 Å². The van der Waals surface area contributed by atoms with E-state index in [9.17, 15) is 4.79 Å². The second-order valence-electron chi connectivity index (χ2n) is 6.44. The Balaban J connectivity index is 1.66. The van der Waals surface area contributed by atoms with Crippen LogP contribution in [0.1, 0.15) is 31.1 Å². The summed E-state index contributed by atoms with van der Waals surface area (Å²) < 4.78 is 10.7. The molecule has 0 bridgehead atoms. The fourth-order valence-electron chi connectivity index (χ4n) is 3.11. The second-order valence-corrected chi connectivity index (χ2v) is 6.88. The molecule has 0 spiro atoms. The average Bonchev–Trinajstić information content (AvgIpc) is 3.17. The summed E-state index contributed by atoms with van der Waals surface area (Å²) in [6.07, 6.45) is 1.86. The molecule has 1 aromatic heterocycles. The summed E-state index contributed by atoms with van der Waals surface area (Å²) in [5.74, 6) is 1.18. The summed E-state index contributed by atoms with van der Waals surface area (Å²) in [6, 6.07) is 7.28. The number of ether oxygens (including phenoxy) is 1. The SMILES string of the molecule is COC(CN)CC(=O)N1CCCC(c2nc(-c3ccc(Cl)cc3)no2)C1. The highest BCUT2D eigenvalue weighted by Crippen LogP contribution is 2.28. The number of hydrogen-bond acceptors (Lipinski definition) is 6. The largest absolute Gasteiger partial charge is 0.380 e. The van der Waals surface area contributed by atoms with Gasteiger partial charge in [0.05, 0.1) is 18.4 Å². The van der Waals surface area contributed by atoms with E-state index in [4.69, 9.17) is 26.6 Å². The maximum atomic E-state index is 12.5. The van der Waals surface area contributed by atoms with Crippen molar-refractivity contribution in [1.82, 2.24) is 15.0 Å². The van der Waals surface area contributed by atoms with Crippen molar-refractivity contribution in [3.8, 4) is 11.4 Å². The molecule has 3 rings (SSSR count). The molecular formula is C18H23ClN4O3. The molecule has 1 aromatic carbocycles. The number of piperidine rings is 1. The number of rotatable bonds is 6. The van der Waals surface area contributed by atoms with E-state index in [0.717, 1.165) is 24.9 Å². The molecule has 2 heterocycles. The molecule has 140 valence electrons. The minimum absolute atomic E-state index is 0.0418. The first kappa shape index (κ1) is 18.8. The molecule has 0 radical (unpaired) electrons. The van der Waals surface area contributed by atoms with Gasteiger partial charge in [0.1, 0.15) is 0 Å². The number of amides is 1. The van der Waals surface area contributed by atoms with Crippen LogP contribution in [-0.4, -0.2) is 53.8 Å². The van der Waals surface area contributed by atoms with Crippen LogP contribution >= 0.6 is 11.6 Å². The van der Waals surface area contributed by atoms with Gasteiger partial charge in [0.2, 0.25) is 17.6 Å². The highest BCUT2D eigenvalue weighted by Gasteiger charge is 2.29. The highest BCUT2D eigenvalue weighted by atomic mass is 35.5. The van der Waals surface area contributed by atoms with Gasteiger partial charge in [-0.15, -0.1) is 0 Å². The number of halogens is 1. The monoisotopic (exact) mass is 378 g/mol. The quantitative estimate of drug-likeness (QED) is 0.829. The Labute approximate surface area is 157 Å². The Hall–Kier alpha value is -1.96. The summed E-state index contributed by atoms with van der Waals surface area (Å²) >= 11 is 5.91. The summed E-state index contributed by atoms with van der Waals surface area (Å²) in [7, 11) is 1.57. The van der Waals surface area contributed by atoms with Crippen molar-refractivity contribution >= 4 is 17.5 Å². The molecule has 7 nitrogen and oxygen atoms in total. The van der Waals surface area contributed by atoms with Gasteiger partial charge in [-0.1, -0.05) is 16.8 Å². The van der Waals surface area contributed by atoms with Crippen molar-refractivity contribution in [3.05, 3.63) is 35.2 Å². The topological polar surface area (TPSA) is 94.5 Å². The number of aromatic nitrogens is 2. The standard InChI is InChI=1S/C18H23ClN4O3/c1-25-15(10-20)9-16(24)23-8-2-3-13(11-23)18-21-17(22-26-18)12-4-6-14(19)7-5-12/h4-7,13,15H,2-3,8-11,20H2,1H3. The van der Waals surface area contributed by atoms with Crippen molar-refractivity contribution in [2.75, 3.05) is 26.7 Å². The van der Waals surface area contributed by atoms with Gasteiger partial charge in [0, 0.05) is 37.3 Å². The molecule has 2 aromatic rings. The molecule has 2 N–H and O–H groups in total. The number of hydrogen-bond donors (Lipinski definition) is 1. The van der Waals surface area contributed by atoms with Crippen molar-refractivity contribution < 1.29 is 14.1 Å². The fourth-order valence-corrected chi connectivity index (χ4v) is 3.24. The average molecular weight is 379 g/mol. The second kappa shape index (κ2) is 8.62. The predicted octanol–water partition coefficient (Wildman–Crippen LogP) is 2.46. The third-order valence-corrected chi connectivity index (χ3v) is 4.92. The summed E-state index contributed by atoms with van der Waals surface area (Å²) in [5, 5.41) is 4.73. The maximum Gasteiger partial charge on any atom is 0.231 e. The van der Waals surface area contributed by atoms with Crippen molar-refractivity contribution in [2.24, 2.45) is 5.73 Å². The molecular weight excluding hydrogens is 356 g/mol. The summed E-state index contributed by atoms with van der Waals surface area (Å²) in [5.41, 5.74) is 6.46. The molecule has 26 heavy (non-hydrogen) atoms. The van der Waals surface area contributed by atoms with Gasteiger partial charge in [-0.25, -0.2) is 0 Å². The van der Waals surface area contributed by atoms with Crippen LogP contribution in [0.4, 0.5) is 0 Å². The number of carbonyl (C=O) groups excluding carboxylic acids is 1. The number of nitrogens with zero attached hydrogens (tertiary/aromatic N) is 3. The number of likely N-dealkylation sites (tertiary alicyclic amines) is 1. The Morgan fingerprint density at radius 3 is 2.92 bits per heavy atom. The van der Waals surface area contributed by atoms with Gasteiger partial charge < -0.3 is 19.9 Å². The van der Waals surface area contributed by atoms with Gasteiger partial charge in [0.25, 0.3) is 0 Å². The third-order valence-electron chi connectivity index (χ3n) is 4.67. The van der Waals surface area contributed by atoms with E-state index in [-0.39, 0.29) is 17.9 Å². The number of nitrogens with two attached hydrogens (primary N) is 1. The first-order valence-electron chi connectivity index (χ1n) is 8.71. The predicted molar refractivity (Wildman–Crippen MR) is 97.8 cm³/mol. The van der Waals surface area contributed by atoms with Gasteiger partial charge in [0.15, 0.2) is 0 Å². The Morgan fingerprint density at radius 1 is 1.46 bits per heavy atom. The van der Waals surface area contributed by atoms with E-state index < -0.39 is 0 Å². The molecule has 1 aliphatic rings. The fraction of sp³-hybridized carbons (Fsp3) is 0.500. The lowest BCUT2D eigenvalue weighted by Gasteiger charge is -2.31. The van der Waals surface area contributed by atoms with Crippen LogP contribution in [-0.2, 0) is 9.53 Å². The van der Waals surface area contributed by atoms with Crippen LogP contribution in [0, 0.1) is 0 Å². The Morgan fingerprint density at radius 2 is 2.23 bits per heavy atom. The highest BCUT2D eigenvalue weighted by molar-refractivity contribution is 6.30. The number of methoxy groups -OCH3 is 1. The zero-order chi connectivity index (χ0) is 18.5. The molecule has 2 atom stereocenters. The van der Waals surface area contributed by atoms with Crippen LogP contribution in [0.25, 0.3) is 11.4 Å².